The molecule has 2 unspecified atom stereocenters. The van der Waals surface area contributed by atoms with Crippen molar-refractivity contribution >= 4 is 26.6 Å². The van der Waals surface area contributed by atoms with Crippen LogP contribution in [0.2, 0.25) is 5.02 Å². The average molecular weight is 243 g/mol. The first-order chi connectivity index (χ1) is 7.07. The minimum absolute atomic E-state index is 0.0198. The van der Waals surface area contributed by atoms with Gasteiger partial charge in [-0.3, -0.25) is 4.79 Å². The lowest BCUT2D eigenvalue weighted by molar-refractivity contribution is 0.0985. The van der Waals surface area contributed by atoms with Gasteiger partial charge in [-0.25, -0.2) is 0 Å². The van der Waals surface area contributed by atoms with E-state index < -0.39 is 0 Å². The first-order valence-corrected chi connectivity index (χ1v) is 6.17. The van der Waals surface area contributed by atoms with E-state index in [9.17, 15) is 4.79 Å². The summed E-state index contributed by atoms with van der Waals surface area (Å²) in [7, 11) is 2.60. The second kappa shape index (κ2) is 5.63. The standard InChI is InChI=1S/C12H16ClOP/c1-3-5-10(15)12(14)11-8(2)6-4-7-9(11)13/h4,6-7,10H,3,5,15H2,1-2H3. The molecule has 0 aliphatic carbocycles. The van der Waals surface area contributed by atoms with Crippen molar-refractivity contribution in [2.45, 2.75) is 32.3 Å². The van der Waals surface area contributed by atoms with Gasteiger partial charge in [-0.2, -0.15) is 0 Å². The van der Waals surface area contributed by atoms with Gasteiger partial charge in [0.25, 0.3) is 0 Å². The third-order valence-corrected chi connectivity index (χ3v) is 3.36. The molecule has 15 heavy (non-hydrogen) atoms. The van der Waals surface area contributed by atoms with E-state index in [1.54, 1.807) is 6.07 Å². The van der Waals surface area contributed by atoms with Crippen LogP contribution in [0.4, 0.5) is 0 Å². The van der Waals surface area contributed by atoms with Crippen LogP contribution in [0.1, 0.15) is 35.7 Å². The van der Waals surface area contributed by atoms with Crippen molar-refractivity contribution in [3.05, 3.63) is 34.3 Å². The van der Waals surface area contributed by atoms with E-state index in [1.165, 1.54) is 0 Å². The fourth-order valence-electron chi connectivity index (χ4n) is 1.57. The topological polar surface area (TPSA) is 17.1 Å². The Morgan fingerprint density at radius 1 is 1.53 bits per heavy atom. The highest BCUT2D eigenvalue weighted by atomic mass is 35.5. The molecule has 0 bridgehead atoms. The minimum atomic E-state index is -0.0198. The lowest BCUT2D eigenvalue weighted by atomic mass is 10.0. The summed E-state index contributed by atoms with van der Waals surface area (Å²) in [6.45, 7) is 3.99. The van der Waals surface area contributed by atoms with Gasteiger partial charge in [-0.15, -0.1) is 9.24 Å². The van der Waals surface area contributed by atoms with Gasteiger partial charge in [0.2, 0.25) is 0 Å². The van der Waals surface area contributed by atoms with Gasteiger partial charge in [0.1, 0.15) is 0 Å². The van der Waals surface area contributed by atoms with Crippen molar-refractivity contribution < 1.29 is 4.79 Å². The van der Waals surface area contributed by atoms with Crippen LogP contribution < -0.4 is 0 Å². The quantitative estimate of drug-likeness (QED) is 0.579. The van der Waals surface area contributed by atoms with Crippen molar-refractivity contribution in [3.8, 4) is 0 Å². The highest BCUT2D eigenvalue weighted by molar-refractivity contribution is 7.19. The number of aryl methyl sites for hydroxylation is 1. The maximum atomic E-state index is 12.1. The molecule has 0 aromatic heterocycles. The Balaban J connectivity index is 3.00. The van der Waals surface area contributed by atoms with Crippen molar-refractivity contribution in [2.75, 3.05) is 0 Å². The predicted octanol–water partition coefficient (Wildman–Crippen LogP) is 3.87. The van der Waals surface area contributed by atoms with Crippen LogP contribution >= 0.6 is 20.8 Å². The lowest BCUT2D eigenvalue weighted by Crippen LogP contribution is -2.15. The number of halogens is 1. The largest absolute Gasteiger partial charge is 0.293 e. The number of ketones is 1. The average Bonchev–Trinajstić information content (AvgIpc) is 2.17. The first kappa shape index (κ1) is 12.7. The molecule has 0 aliphatic heterocycles. The smallest absolute Gasteiger partial charge is 0.171 e. The van der Waals surface area contributed by atoms with E-state index in [1.807, 2.05) is 19.1 Å². The summed E-state index contributed by atoms with van der Waals surface area (Å²) in [5.41, 5.74) is 1.61. The number of rotatable bonds is 4. The molecular formula is C12H16ClOP. The summed E-state index contributed by atoms with van der Waals surface area (Å²) >= 11 is 6.04. The molecule has 1 aromatic rings. The Kier molecular flexibility index (Phi) is 4.76. The summed E-state index contributed by atoms with van der Waals surface area (Å²) in [6, 6.07) is 5.56. The van der Waals surface area contributed by atoms with Crippen LogP contribution in [0.25, 0.3) is 0 Å². The van der Waals surface area contributed by atoms with Crippen molar-refractivity contribution in [2.24, 2.45) is 0 Å². The van der Waals surface area contributed by atoms with Gasteiger partial charge in [-0.05, 0) is 25.0 Å². The van der Waals surface area contributed by atoms with Crippen molar-refractivity contribution in [3.63, 3.8) is 0 Å². The van der Waals surface area contributed by atoms with Crippen molar-refractivity contribution in [1.82, 2.24) is 0 Å². The zero-order valence-corrected chi connectivity index (χ0v) is 11.0. The summed E-state index contributed by atoms with van der Waals surface area (Å²) in [5.74, 6) is 0.130. The zero-order chi connectivity index (χ0) is 11.4. The van der Waals surface area contributed by atoms with E-state index in [0.29, 0.717) is 10.6 Å². The molecule has 2 atom stereocenters. The van der Waals surface area contributed by atoms with Gasteiger partial charge in [0.05, 0.1) is 5.02 Å². The molecule has 82 valence electrons. The molecule has 0 saturated carbocycles. The molecule has 1 nitrogen and oxygen atoms in total. The summed E-state index contributed by atoms with van der Waals surface area (Å²) < 4.78 is 0. The zero-order valence-electron chi connectivity index (χ0n) is 9.09. The molecule has 0 fully saturated rings. The van der Waals surface area contributed by atoms with Crippen LogP contribution in [0.5, 0.6) is 0 Å². The third-order valence-electron chi connectivity index (χ3n) is 2.40. The summed E-state index contributed by atoms with van der Waals surface area (Å²) in [4.78, 5) is 12.1. The normalized spacial score (nSPS) is 12.5. The molecule has 0 heterocycles. The number of hydrogen-bond acceptors (Lipinski definition) is 1. The maximum Gasteiger partial charge on any atom is 0.171 e. The second-order valence-corrected chi connectivity index (χ2v) is 4.90. The van der Waals surface area contributed by atoms with Crippen LogP contribution in [0.3, 0.4) is 0 Å². The summed E-state index contributed by atoms with van der Waals surface area (Å²) in [6.07, 6.45) is 1.89. The number of carbonyl (C=O) groups is 1. The SMILES string of the molecule is CCCC(P)C(=O)c1c(C)cccc1Cl. The number of benzene rings is 1. The van der Waals surface area contributed by atoms with E-state index in [4.69, 9.17) is 11.6 Å². The Bertz CT molecular complexity index is 342. The molecular weight excluding hydrogens is 227 g/mol. The Morgan fingerprint density at radius 2 is 2.20 bits per heavy atom. The highest BCUT2D eigenvalue weighted by Crippen LogP contribution is 2.24. The van der Waals surface area contributed by atoms with E-state index >= 15 is 0 Å². The molecule has 3 heteroatoms. The molecule has 0 saturated heterocycles. The molecule has 0 radical (unpaired) electrons. The molecule has 1 aromatic carbocycles. The van der Waals surface area contributed by atoms with E-state index in [0.717, 1.165) is 18.4 Å². The molecule has 0 amide bonds. The van der Waals surface area contributed by atoms with Gasteiger partial charge in [0.15, 0.2) is 5.78 Å². The first-order valence-electron chi connectivity index (χ1n) is 5.12. The Hall–Kier alpha value is -0.390. The monoisotopic (exact) mass is 242 g/mol. The summed E-state index contributed by atoms with van der Waals surface area (Å²) in [5, 5.41) is 0.559. The third kappa shape index (κ3) is 3.03. The fraction of sp³-hybridized carbons (Fsp3) is 0.417. The van der Waals surface area contributed by atoms with E-state index in [-0.39, 0.29) is 11.4 Å². The highest BCUT2D eigenvalue weighted by Gasteiger charge is 2.18. The predicted molar refractivity (Wildman–Crippen MR) is 68.9 cm³/mol. The van der Waals surface area contributed by atoms with Crippen molar-refractivity contribution in [1.29, 1.82) is 0 Å². The van der Waals surface area contributed by atoms with Crippen LogP contribution in [-0.2, 0) is 0 Å². The fourth-order valence-corrected chi connectivity index (χ4v) is 2.39. The lowest BCUT2D eigenvalue weighted by Gasteiger charge is -2.12. The minimum Gasteiger partial charge on any atom is -0.293 e. The number of hydrogen-bond donors (Lipinski definition) is 0. The molecule has 0 aliphatic rings. The van der Waals surface area contributed by atoms with Gasteiger partial charge >= 0.3 is 0 Å². The van der Waals surface area contributed by atoms with Crippen LogP contribution in [0.15, 0.2) is 18.2 Å². The maximum absolute atomic E-state index is 12.1. The van der Waals surface area contributed by atoms with Crippen LogP contribution in [0, 0.1) is 6.92 Å². The van der Waals surface area contributed by atoms with Gasteiger partial charge < -0.3 is 0 Å². The van der Waals surface area contributed by atoms with E-state index in [2.05, 4.69) is 16.2 Å². The van der Waals surface area contributed by atoms with Gasteiger partial charge in [0, 0.05) is 11.2 Å². The molecule has 1 rings (SSSR count). The van der Waals surface area contributed by atoms with Crippen LogP contribution in [-0.4, -0.2) is 11.4 Å². The molecule has 0 spiro atoms. The number of Topliss-reactive ketones (excluding diaryl/α,β-unsaturated/α-hetero) is 1. The molecule has 0 N–H and O–H groups in total. The Morgan fingerprint density at radius 3 is 2.73 bits per heavy atom. The van der Waals surface area contributed by atoms with Gasteiger partial charge in [-0.1, -0.05) is 37.1 Å². The number of carbonyl (C=O) groups excluding carboxylic acids is 1. The Labute approximate surface area is 98.4 Å². The second-order valence-electron chi connectivity index (χ2n) is 3.69.